The first-order valence-corrected chi connectivity index (χ1v) is 12.4. The van der Waals surface area contributed by atoms with Crippen molar-refractivity contribution in [3.8, 4) is 22.4 Å². The van der Waals surface area contributed by atoms with Crippen molar-refractivity contribution in [1.29, 1.82) is 0 Å². The molecule has 0 fully saturated rings. The zero-order valence-electron chi connectivity index (χ0n) is 19.3. The van der Waals surface area contributed by atoms with Gasteiger partial charge in [-0.15, -0.1) is 0 Å². The van der Waals surface area contributed by atoms with Crippen LogP contribution in [-0.2, 0) is 13.0 Å². The third kappa shape index (κ3) is 3.55. The first-order valence-electron chi connectivity index (χ1n) is 12.0. The molecule has 3 nitrogen and oxygen atoms in total. The van der Waals surface area contributed by atoms with Crippen LogP contribution < -0.4 is 5.32 Å². The first-order chi connectivity index (χ1) is 16.7. The Morgan fingerprint density at radius 1 is 0.824 bits per heavy atom. The van der Waals surface area contributed by atoms with Crippen LogP contribution in [0.5, 0.6) is 0 Å². The van der Waals surface area contributed by atoms with Crippen LogP contribution in [0.2, 0.25) is 0 Å². The molecule has 3 heterocycles. The van der Waals surface area contributed by atoms with Gasteiger partial charge in [-0.25, -0.2) is 0 Å². The summed E-state index contributed by atoms with van der Waals surface area (Å²) in [6.45, 7) is 3.12. The Morgan fingerprint density at radius 3 is 2.21 bits per heavy atom. The average molecular weight is 462 g/mol. The molecular formula is C30H27N3S. The molecule has 0 radical (unpaired) electrons. The molecule has 3 aromatic carbocycles. The van der Waals surface area contributed by atoms with Crippen LogP contribution in [0.25, 0.3) is 28.0 Å². The molecule has 0 saturated heterocycles. The highest BCUT2D eigenvalue weighted by Gasteiger charge is 2.28. The fraction of sp³-hybridized carbons (Fsp3) is 0.167. The van der Waals surface area contributed by atoms with E-state index >= 15 is 0 Å². The number of thiocarbonyl (C=S) groups is 1. The maximum Gasteiger partial charge on any atom is 0.128 e. The van der Waals surface area contributed by atoms with Crippen molar-refractivity contribution < 1.29 is 0 Å². The zero-order chi connectivity index (χ0) is 23.1. The van der Waals surface area contributed by atoms with E-state index in [1.807, 2.05) is 0 Å². The summed E-state index contributed by atoms with van der Waals surface area (Å²) >= 11 is 6.09. The molecule has 34 heavy (non-hydrogen) atoms. The molecule has 0 amide bonds. The molecule has 4 heteroatoms. The molecule has 0 bridgehead atoms. The second kappa shape index (κ2) is 8.62. The van der Waals surface area contributed by atoms with Crippen LogP contribution in [-0.4, -0.2) is 14.0 Å². The SMILES string of the molecule is Cc1ccc(NC(=S)c2c(-c3ccccc3)c3c4n(c(-c5ccccc5)cn24)CCCC3)cc1. The van der Waals surface area contributed by atoms with Gasteiger partial charge in [0, 0.05) is 29.6 Å². The molecular weight excluding hydrogens is 434 g/mol. The summed E-state index contributed by atoms with van der Waals surface area (Å²) in [5.41, 5.74) is 11.0. The van der Waals surface area contributed by atoms with Crippen molar-refractivity contribution in [2.75, 3.05) is 5.32 Å². The van der Waals surface area contributed by atoms with Crippen LogP contribution in [0.3, 0.4) is 0 Å². The lowest BCUT2D eigenvalue weighted by molar-refractivity contribution is 0.647. The van der Waals surface area contributed by atoms with Gasteiger partial charge in [0.1, 0.15) is 10.6 Å². The van der Waals surface area contributed by atoms with Gasteiger partial charge in [-0.05, 0) is 49.4 Å². The monoisotopic (exact) mass is 461 g/mol. The Labute approximate surface area is 205 Å². The van der Waals surface area contributed by atoms with Gasteiger partial charge >= 0.3 is 0 Å². The summed E-state index contributed by atoms with van der Waals surface area (Å²) in [6, 6.07) is 29.8. The maximum absolute atomic E-state index is 6.09. The van der Waals surface area contributed by atoms with E-state index in [-0.39, 0.29) is 0 Å². The number of aryl methyl sites for hydroxylation is 3. The second-order valence-corrected chi connectivity index (χ2v) is 9.48. The van der Waals surface area contributed by atoms with Crippen molar-refractivity contribution in [3.63, 3.8) is 0 Å². The maximum atomic E-state index is 6.09. The number of nitrogens with one attached hydrogen (secondary N) is 1. The quantitative estimate of drug-likeness (QED) is 0.280. The van der Waals surface area contributed by atoms with Crippen molar-refractivity contribution in [2.45, 2.75) is 32.7 Å². The van der Waals surface area contributed by atoms with E-state index < -0.39 is 0 Å². The lowest BCUT2D eigenvalue weighted by Gasteiger charge is -2.12. The molecule has 0 unspecified atom stereocenters. The molecule has 5 aromatic rings. The summed E-state index contributed by atoms with van der Waals surface area (Å²) in [7, 11) is 0. The molecule has 2 aromatic heterocycles. The molecule has 0 spiro atoms. The Bertz CT molecular complexity index is 1480. The fourth-order valence-corrected chi connectivity index (χ4v) is 5.51. The molecule has 0 aliphatic carbocycles. The van der Waals surface area contributed by atoms with Crippen molar-refractivity contribution >= 4 is 28.5 Å². The number of anilines is 1. The number of hydrogen-bond acceptors (Lipinski definition) is 1. The highest BCUT2D eigenvalue weighted by Crippen LogP contribution is 2.39. The van der Waals surface area contributed by atoms with E-state index in [4.69, 9.17) is 12.2 Å². The van der Waals surface area contributed by atoms with Crippen LogP contribution in [0, 0.1) is 6.92 Å². The molecule has 1 aliphatic rings. The molecule has 0 atom stereocenters. The minimum atomic E-state index is 0.751. The highest BCUT2D eigenvalue weighted by molar-refractivity contribution is 7.81. The van der Waals surface area contributed by atoms with E-state index in [1.54, 1.807) is 0 Å². The van der Waals surface area contributed by atoms with Crippen LogP contribution >= 0.6 is 12.2 Å². The third-order valence-corrected chi connectivity index (χ3v) is 7.09. The van der Waals surface area contributed by atoms with Crippen LogP contribution in [0.15, 0.2) is 91.1 Å². The van der Waals surface area contributed by atoms with Crippen molar-refractivity contribution in [2.24, 2.45) is 0 Å². The predicted molar refractivity (Wildman–Crippen MR) is 146 cm³/mol. The summed E-state index contributed by atoms with van der Waals surface area (Å²) in [5, 5.41) is 3.53. The van der Waals surface area contributed by atoms with Gasteiger partial charge in [-0.2, -0.15) is 0 Å². The van der Waals surface area contributed by atoms with E-state index in [2.05, 4.69) is 112 Å². The zero-order valence-corrected chi connectivity index (χ0v) is 20.1. The third-order valence-electron chi connectivity index (χ3n) is 6.79. The fourth-order valence-electron chi connectivity index (χ4n) is 5.19. The topological polar surface area (TPSA) is 21.4 Å². The lowest BCUT2D eigenvalue weighted by atomic mass is 9.98. The largest absolute Gasteiger partial charge is 0.345 e. The molecule has 1 aliphatic heterocycles. The minimum Gasteiger partial charge on any atom is -0.345 e. The predicted octanol–water partition coefficient (Wildman–Crippen LogP) is 7.51. The molecule has 168 valence electrons. The Balaban J connectivity index is 1.60. The van der Waals surface area contributed by atoms with Crippen LogP contribution in [0.4, 0.5) is 5.69 Å². The van der Waals surface area contributed by atoms with Gasteiger partial charge in [-0.3, -0.25) is 4.40 Å². The number of imidazole rings is 1. The second-order valence-electron chi connectivity index (χ2n) is 9.07. The molecule has 1 N–H and O–H groups in total. The highest BCUT2D eigenvalue weighted by atomic mass is 32.1. The Kier molecular flexibility index (Phi) is 5.31. The summed E-state index contributed by atoms with van der Waals surface area (Å²) in [6.07, 6.45) is 5.69. The number of aromatic nitrogens is 2. The minimum absolute atomic E-state index is 0.751. The number of nitrogens with zero attached hydrogens (tertiary/aromatic N) is 2. The molecule has 6 rings (SSSR count). The Hall–Kier alpha value is -3.63. The van der Waals surface area contributed by atoms with E-state index in [1.165, 1.54) is 52.0 Å². The normalized spacial score (nSPS) is 13.1. The van der Waals surface area contributed by atoms with Crippen molar-refractivity contribution in [3.05, 3.63) is 108 Å². The lowest BCUT2D eigenvalue weighted by Crippen LogP contribution is -2.14. The summed E-state index contributed by atoms with van der Waals surface area (Å²) < 4.78 is 4.84. The Morgan fingerprint density at radius 2 is 1.50 bits per heavy atom. The number of hydrogen-bond donors (Lipinski definition) is 1. The smallest absolute Gasteiger partial charge is 0.128 e. The van der Waals surface area contributed by atoms with Gasteiger partial charge in [-0.1, -0.05) is 90.6 Å². The van der Waals surface area contributed by atoms with Gasteiger partial charge < -0.3 is 9.88 Å². The standard InChI is InChI=1S/C30H27N3S/c1-21-15-17-24(18-16-21)31-29(34)28-27(23-12-6-3-7-13-23)25-14-8-9-19-32-26(20-33(28)30(25)32)22-10-4-2-5-11-22/h2-7,10-13,15-18,20H,8-9,14,19H2,1H3,(H,31,34). The van der Waals surface area contributed by atoms with E-state index in [9.17, 15) is 0 Å². The number of rotatable bonds is 4. The van der Waals surface area contributed by atoms with Gasteiger partial charge in [0.25, 0.3) is 0 Å². The van der Waals surface area contributed by atoms with E-state index in [0.29, 0.717) is 0 Å². The first kappa shape index (κ1) is 20.9. The van der Waals surface area contributed by atoms with Crippen LogP contribution in [0.1, 0.15) is 29.7 Å². The summed E-state index contributed by atoms with van der Waals surface area (Å²) in [5.74, 6) is 0. The van der Waals surface area contributed by atoms with Crippen molar-refractivity contribution in [1.82, 2.24) is 8.97 Å². The van der Waals surface area contributed by atoms with E-state index in [0.717, 1.165) is 29.3 Å². The van der Waals surface area contributed by atoms with Gasteiger partial charge in [0.2, 0.25) is 0 Å². The molecule has 0 saturated carbocycles. The van der Waals surface area contributed by atoms with Gasteiger partial charge in [0.15, 0.2) is 0 Å². The number of benzene rings is 3. The van der Waals surface area contributed by atoms with Gasteiger partial charge in [0.05, 0.1) is 11.4 Å². The summed E-state index contributed by atoms with van der Waals surface area (Å²) in [4.78, 5) is 0.751. The average Bonchev–Trinajstić information content (AvgIpc) is 3.29.